The van der Waals surface area contributed by atoms with Gasteiger partial charge >= 0.3 is 0 Å². The Balaban J connectivity index is 2.40. The van der Waals surface area contributed by atoms with Crippen molar-refractivity contribution < 1.29 is 13.3 Å². The lowest BCUT2D eigenvalue weighted by atomic mass is 10.1. The highest BCUT2D eigenvalue weighted by Gasteiger charge is 2.18. The highest BCUT2D eigenvalue weighted by Crippen LogP contribution is 2.25. The molecule has 2 rings (SSSR count). The number of nitro benzene ring substituents is 1. The van der Waals surface area contributed by atoms with Gasteiger partial charge in [0.1, 0.15) is 0 Å². The molecule has 0 radical (unpaired) electrons. The molecule has 6 nitrogen and oxygen atoms in total. The summed E-state index contributed by atoms with van der Waals surface area (Å²) in [6.07, 6.45) is 0.645. The number of aryl methyl sites for hydroxylation is 1. The third-order valence-electron chi connectivity index (χ3n) is 3.03. The second-order valence-electron chi connectivity index (χ2n) is 4.51. The molecule has 0 aliphatic carbocycles. The Morgan fingerprint density at radius 2 is 1.95 bits per heavy atom. The fraction of sp³-hybridized carbons (Fsp3) is 0.143. The summed E-state index contributed by atoms with van der Waals surface area (Å²) in [6, 6.07) is 10.1. The molecule has 0 heterocycles. The first-order valence-corrected chi connectivity index (χ1v) is 8.67. The number of hydrogen-bond donors (Lipinski definition) is 1. The lowest BCUT2D eigenvalue weighted by molar-refractivity contribution is -0.385. The summed E-state index contributed by atoms with van der Waals surface area (Å²) >= 11 is 3.33. The van der Waals surface area contributed by atoms with Crippen LogP contribution in [0.3, 0.4) is 0 Å². The molecule has 0 fully saturated rings. The average Bonchev–Trinajstić information content (AvgIpc) is 2.49. The van der Waals surface area contributed by atoms with Gasteiger partial charge in [0.25, 0.3) is 15.7 Å². The van der Waals surface area contributed by atoms with Crippen molar-refractivity contribution in [3.63, 3.8) is 0 Å². The Morgan fingerprint density at radius 3 is 2.59 bits per heavy atom. The molecule has 0 aromatic heterocycles. The molecule has 0 aliphatic rings. The highest BCUT2D eigenvalue weighted by atomic mass is 79.9. The van der Waals surface area contributed by atoms with E-state index in [9.17, 15) is 18.5 Å². The summed E-state index contributed by atoms with van der Waals surface area (Å²) in [5.41, 5.74) is 1.01. The standard InChI is InChI=1S/C14H13BrN2O4S/c1-2-10-8-11(15)6-7-14(10)16-22(20,21)13-5-3-4-12(9-13)17(18)19/h3-9,16H,2H2,1H3. The quantitative estimate of drug-likeness (QED) is 0.628. The summed E-state index contributed by atoms with van der Waals surface area (Å²) in [6.45, 7) is 1.91. The molecule has 2 aromatic carbocycles. The Labute approximate surface area is 136 Å². The second-order valence-corrected chi connectivity index (χ2v) is 7.11. The maximum atomic E-state index is 12.4. The van der Waals surface area contributed by atoms with Crippen molar-refractivity contribution in [1.29, 1.82) is 0 Å². The van der Waals surface area contributed by atoms with Crippen molar-refractivity contribution >= 4 is 37.3 Å². The maximum absolute atomic E-state index is 12.4. The predicted octanol–water partition coefficient (Wildman–Crippen LogP) is 3.72. The molecule has 0 saturated carbocycles. The van der Waals surface area contributed by atoms with Crippen molar-refractivity contribution in [2.45, 2.75) is 18.2 Å². The number of non-ortho nitro benzene ring substituents is 1. The minimum atomic E-state index is -3.88. The Bertz CT molecular complexity index is 821. The smallest absolute Gasteiger partial charge is 0.270 e. The van der Waals surface area contributed by atoms with Crippen LogP contribution in [0.5, 0.6) is 0 Å². The van der Waals surface area contributed by atoms with Gasteiger partial charge < -0.3 is 0 Å². The highest BCUT2D eigenvalue weighted by molar-refractivity contribution is 9.10. The van der Waals surface area contributed by atoms with Gasteiger partial charge in [-0.3, -0.25) is 14.8 Å². The van der Waals surface area contributed by atoms with Crippen LogP contribution in [-0.4, -0.2) is 13.3 Å². The zero-order chi connectivity index (χ0) is 16.3. The van der Waals surface area contributed by atoms with Crippen LogP contribution in [0.2, 0.25) is 0 Å². The number of halogens is 1. The van der Waals surface area contributed by atoms with E-state index in [2.05, 4.69) is 20.7 Å². The summed E-state index contributed by atoms with van der Waals surface area (Å²) in [4.78, 5) is 9.99. The number of nitro groups is 1. The lowest BCUT2D eigenvalue weighted by Crippen LogP contribution is -2.14. The van der Waals surface area contributed by atoms with Crippen LogP contribution >= 0.6 is 15.9 Å². The van der Waals surface area contributed by atoms with Crippen LogP contribution in [0.1, 0.15) is 12.5 Å². The average molecular weight is 385 g/mol. The van der Waals surface area contributed by atoms with Crippen LogP contribution in [0.4, 0.5) is 11.4 Å². The second kappa shape index (κ2) is 6.45. The molecule has 0 aliphatic heterocycles. The minimum Gasteiger partial charge on any atom is -0.279 e. The number of nitrogens with zero attached hydrogens (tertiary/aromatic N) is 1. The molecule has 8 heteroatoms. The molecule has 0 unspecified atom stereocenters. The van der Waals surface area contributed by atoms with Gasteiger partial charge in [0.2, 0.25) is 0 Å². The van der Waals surface area contributed by atoms with Crippen LogP contribution in [-0.2, 0) is 16.4 Å². The van der Waals surface area contributed by atoms with Crippen LogP contribution in [0, 0.1) is 10.1 Å². The van der Waals surface area contributed by atoms with E-state index in [4.69, 9.17) is 0 Å². The van der Waals surface area contributed by atoms with E-state index in [1.807, 2.05) is 13.0 Å². The van der Waals surface area contributed by atoms with Gasteiger partial charge in [-0.15, -0.1) is 0 Å². The minimum absolute atomic E-state index is 0.147. The molecule has 22 heavy (non-hydrogen) atoms. The predicted molar refractivity (Wildman–Crippen MR) is 87.4 cm³/mol. The largest absolute Gasteiger partial charge is 0.279 e. The Morgan fingerprint density at radius 1 is 1.23 bits per heavy atom. The maximum Gasteiger partial charge on any atom is 0.270 e. The van der Waals surface area contributed by atoms with E-state index in [-0.39, 0.29) is 10.6 Å². The molecule has 0 saturated heterocycles. The van der Waals surface area contributed by atoms with E-state index in [1.165, 1.54) is 18.2 Å². The van der Waals surface area contributed by atoms with E-state index in [0.29, 0.717) is 12.1 Å². The molecule has 0 bridgehead atoms. The summed E-state index contributed by atoms with van der Waals surface area (Å²) < 4.78 is 28.1. The van der Waals surface area contributed by atoms with Gasteiger partial charge in [-0.2, -0.15) is 0 Å². The van der Waals surface area contributed by atoms with Gasteiger partial charge in [0.15, 0.2) is 0 Å². The van der Waals surface area contributed by atoms with Crippen molar-refractivity contribution in [2.75, 3.05) is 4.72 Å². The molecule has 116 valence electrons. The fourth-order valence-electron chi connectivity index (χ4n) is 1.92. The van der Waals surface area contributed by atoms with E-state index >= 15 is 0 Å². The molecule has 0 spiro atoms. The summed E-state index contributed by atoms with van der Waals surface area (Å²) in [7, 11) is -3.88. The third-order valence-corrected chi connectivity index (χ3v) is 4.89. The van der Waals surface area contributed by atoms with Crippen LogP contribution in [0.25, 0.3) is 0 Å². The molecule has 2 aromatic rings. The first-order valence-electron chi connectivity index (χ1n) is 6.39. The number of anilines is 1. The lowest BCUT2D eigenvalue weighted by Gasteiger charge is -2.12. The van der Waals surface area contributed by atoms with Crippen molar-refractivity contribution in [2.24, 2.45) is 0 Å². The molecule has 0 amide bonds. The molecular formula is C14H13BrN2O4S. The summed E-state index contributed by atoms with van der Waals surface area (Å²) in [5, 5.41) is 10.8. The van der Waals surface area contributed by atoms with Crippen molar-refractivity contribution in [1.82, 2.24) is 0 Å². The number of nitrogens with one attached hydrogen (secondary N) is 1. The van der Waals surface area contributed by atoms with Crippen LogP contribution < -0.4 is 4.72 Å². The number of rotatable bonds is 5. The first kappa shape index (κ1) is 16.4. The van der Waals surface area contributed by atoms with E-state index in [1.54, 1.807) is 12.1 Å². The third kappa shape index (κ3) is 3.63. The topological polar surface area (TPSA) is 89.3 Å². The van der Waals surface area contributed by atoms with Gasteiger partial charge in [-0.25, -0.2) is 8.42 Å². The van der Waals surface area contributed by atoms with Gasteiger partial charge in [-0.1, -0.05) is 28.9 Å². The van der Waals surface area contributed by atoms with Crippen LogP contribution in [0.15, 0.2) is 51.8 Å². The van der Waals surface area contributed by atoms with E-state index < -0.39 is 14.9 Å². The number of sulfonamides is 1. The van der Waals surface area contributed by atoms with Gasteiger partial charge in [-0.05, 0) is 36.2 Å². The fourth-order valence-corrected chi connectivity index (χ4v) is 3.47. The number of hydrogen-bond acceptors (Lipinski definition) is 4. The van der Waals surface area contributed by atoms with E-state index in [0.717, 1.165) is 16.1 Å². The first-order chi connectivity index (χ1) is 10.3. The van der Waals surface area contributed by atoms with Gasteiger partial charge in [0.05, 0.1) is 15.5 Å². The van der Waals surface area contributed by atoms with Gasteiger partial charge in [0, 0.05) is 16.6 Å². The summed E-state index contributed by atoms with van der Waals surface area (Å²) in [5.74, 6) is 0. The monoisotopic (exact) mass is 384 g/mol. The molecular weight excluding hydrogens is 372 g/mol. The van der Waals surface area contributed by atoms with Crippen molar-refractivity contribution in [3.8, 4) is 0 Å². The zero-order valence-corrected chi connectivity index (χ0v) is 14.0. The zero-order valence-electron chi connectivity index (χ0n) is 11.6. The Hall–Kier alpha value is -1.93. The number of benzene rings is 2. The Kier molecular flexibility index (Phi) is 4.82. The normalized spacial score (nSPS) is 11.2. The SMILES string of the molecule is CCc1cc(Br)ccc1NS(=O)(=O)c1cccc([N+](=O)[O-])c1. The van der Waals surface area contributed by atoms with Crippen molar-refractivity contribution in [3.05, 3.63) is 62.6 Å². The molecule has 1 N–H and O–H groups in total. The molecule has 0 atom stereocenters.